The van der Waals surface area contributed by atoms with E-state index in [1.807, 2.05) is 19.9 Å². The van der Waals surface area contributed by atoms with Gasteiger partial charge in [-0.15, -0.1) is 0 Å². The first-order valence-corrected chi connectivity index (χ1v) is 6.47. The van der Waals surface area contributed by atoms with Gasteiger partial charge in [0.15, 0.2) is 0 Å². The number of hydrogen-bond donors (Lipinski definition) is 1. The smallest absolute Gasteiger partial charge is 0.248 e. The molecule has 0 aliphatic carbocycles. The van der Waals surface area contributed by atoms with E-state index in [-0.39, 0.29) is 0 Å². The van der Waals surface area contributed by atoms with Crippen LogP contribution in [-0.2, 0) is 0 Å². The number of nitrogens with zero attached hydrogens (tertiary/aromatic N) is 1. The third kappa shape index (κ3) is 3.12. The number of amides is 1. The van der Waals surface area contributed by atoms with Crippen molar-refractivity contribution in [1.29, 1.82) is 0 Å². The minimum absolute atomic E-state index is 0.445. The van der Waals surface area contributed by atoms with Crippen LogP contribution in [0.25, 0.3) is 0 Å². The van der Waals surface area contributed by atoms with Crippen LogP contribution in [0.3, 0.4) is 0 Å². The summed E-state index contributed by atoms with van der Waals surface area (Å²) in [6.07, 6.45) is 1.66. The van der Waals surface area contributed by atoms with Crippen LogP contribution in [0.1, 0.15) is 21.5 Å². The standard InChI is InChI=1S/C14H13BrN2O2/c1-8-5-10(14(16)18)6-9(2)13(8)19-12-4-3-11(15)7-17-12/h3-7H,1-2H3,(H2,16,18). The first-order chi connectivity index (χ1) is 8.97. The lowest BCUT2D eigenvalue weighted by Gasteiger charge is -2.12. The van der Waals surface area contributed by atoms with E-state index < -0.39 is 5.91 Å². The maximum atomic E-state index is 11.2. The van der Waals surface area contributed by atoms with Crippen molar-refractivity contribution in [2.45, 2.75) is 13.8 Å². The summed E-state index contributed by atoms with van der Waals surface area (Å²) < 4.78 is 6.63. The summed E-state index contributed by atoms with van der Waals surface area (Å²) in [5.74, 6) is 0.751. The van der Waals surface area contributed by atoms with Crippen LogP contribution in [0.4, 0.5) is 0 Å². The van der Waals surface area contributed by atoms with Crippen molar-refractivity contribution in [2.75, 3.05) is 0 Å². The van der Waals surface area contributed by atoms with Gasteiger partial charge in [-0.2, -0.15) is 0 Å². The maximum absolute atomic E-state index is 11.2. The zero-order valence-electron chi connectivity index (χ0n) is 10.6. The highest BCUT2D eigenvalue weighted by atomic mass is 79.9. The molecule has 2 aromatic rings. The van der Waals surface area contributed by atoms with Gasteiger partial charge in [0.1, 0.15) is 5.75 Å². The number of benzene rings is 1. The van der Waals surface area contributed by atoms with Gasteiger partial charge >= 0.3 is 0 Å². The molecule has 0 saturated heterocycles. The van der Waals surface area contributed by atoms with Gasteiger partial charge in [-0.05, 0) is 59.1 Å². The van der Waals surface area contributed by atoms with Gasteiger partial charge in [-0.25, -0.2) is 4.98 Å². The van der Waals surface area contributed by atoms with Gasteiger partial charge in [-0.1, -0.05) is 0 Å². The van der Waals surface area contributed by atoms with Crippen molar-refractivity contribution in [3.05, 3.63) is 51.6 Å². The van der Waals surface area contributed by atoms with Crippen LogP contribution in [-0.4, -0.2) is 10.9 Å². The van der Waals surface area contributed by atoms with Gasteiger partial charge in [0.2, 0.25) is 11.8 Å². The lowest BCUT2D eigenvalue weighted by atomic mass is 10.1. The molecule has 98 valence electrons. The Morgan fingerprint density at radius 3 is 2.37 bits per heavy atom. The minimum Gasteiger partial charge on any atom is -0.438 e. The number of nitrogens with two attached hydrogens (primary N) is 1. The SMILES string of the molecule is Cc1cc(C(N)=O)cc(C)c1Oc1ccc(Br)cn1. The van der Waals surface area contributed by atoms with Crippen LogP contribution in [0.5, 0.6) is 11.6 Å². The topological polar surface area (TPSA) is 65.2 Å². The van der Waals surface area contributed by atoms with Gasteiger partial charge in [0.25, 0.3) is 0 Å². The van der Waals surface area contributed by atoms with Crippen LogP contribution in [0.2, 0.25) is 0 Å². The van der Waals surface area contributed by atoms with E-state index in [1.54, 1.807) is 24.4 Å². The zero-order chi connectivity index (χ0) is 14.0. The predicted octanol–water partition coefficient (Wildman–Crippen LogP) is 3.35. The maximum Gasteiger partial charge on any atom is 0.248 e. The average Bonchev–Trinajstić information content (AvgIpc) is 2.35. The molecule has 0 spiro atoms. The summed E-state index contributed by atoms with van der Waals surface area (Å²) in [5, 5.41) is 0. The van der Waals surface area contributed by atoms with Gasteiger partial charge < -0.3 is 10.5 Å². The van der Waals surface area contributed by atoms with Crippen molar-refractivity contribution >= 4 is 21.8 Å². The number of pyridine rings is 1. The molecule has 0 fully saturated rings. The largest absolute Gasteiger partial charge is 0.438 e. The fourth-order valence-electron chi connectivity index (χ4n) is 1.78. The summed E-state index contributed by atoms with van der Waals surface area (Å²) in [6.45, 7) is 3.74. The van der Waals surface area contributed by atoms with E-state index in [0.717, 1.165) is 15.6 Å². The zero-order valence-corrected chi connectivity index (χ0v) is 12.2. The van der Waals surface area contributed by atoms with Gasteiger partial charge in [0, 0.05) is 22.3 Å². The van der Waals surface area contributed by atoms with Crippen LogP contribution in [0, 0.1) is 13.8 Å². The Bertz CT molecular complexity index is 601. The second-order valence-electron chi connectivity index (χ2n) is 4.22. The summed E-state index contributed by atoms with van der Waals surface area (Å²) in [7, 11) is 0. The molecule has 1 aromatic carbocycles. The Hall–Kier alpha value is -1.88. The quantitative estimate of drug-likeness (QED) is 0.943. The van der Waals surface area contributed by atoms with Gasteiger partial charge in [-0.3, -0.25) is 4.79 Å². The van der Waals surface area contributed by atoms with Crippen molar-refractivity contribution < 1.29 is 9.53 Å². The third-order valence-electron chi connectivity index (χ3n) is 2.65. The van der Waals surface area contributed by atoms with E-state index in [2.05, 4.69) is 20.9 Å². The first kappa shape index (κ1) is 13.5. The highest BCUT2D eigenvalue weighted by molar-refractivity contribution is 9.10. The van der Waals surface area contributed by atoms with Crippen molar-refractivity contribution in [3.8, 4) is 11.6 Å². The molecule has 0 bridgehead atoms. The highest BCUT2D eigenvalue weighted by Crippen LogP contribution is 2.29. The molecule has 0 atom stereocenters. The number of carbonyl (C=O) groups is 1. The Kier molecular flexibility index (Phi) is 3.85. The Labute approximate surface area is 119 Å². The number of aryl methyl sites for hydroxylation is 2. The molecule has 0 unspecified atom stereocenters. The molecule has 1 heterocycles. The summed E-state index contributed by atoms with van der Waals surface area (Å²) in [6, 6.07) is 7.04. The molecule has 0 aliphatic heterocycles. The number of hydrogen-bond acceptors (Lipinski definition) is 3. The third-order valence-corrected chi connectivity index (χ3v) is 3.12. The summed E-state index contributed by atoms with van der Waals surface area (Å²) in [5.41, 5.74) is 7.44. The Balaban J connectivity index is 2.35. The van der Waals surface area contributed by atoms with E-state index in [4.69, 9.17) is 10.5 Å². The predicted molar refractivity (Wildman–Crippen MR) is 76.4 cm³/mol. The molecule has 2 rings (SSSR count). The van der Waals surface area contributed by atoms with Crippen molar-refractivity contribution in [1.82, 2.24) is 4.98 Å². The lowest BCUT2D eigenvalue weighted by molar-refractivity contribution is 0.1000. The van der Waals surface area contributed by atoms with Crippen LogP contribution in [0.15, 0.2) is 34.9 Å². The molecule has 2 N–H and O–H groups in total. The molecule has 0 radical (unpaired) electrons. The van der Waals surface area contributed by atoms with Crippen molar-refractivity contribution in [3.63, 3.8) is 0 Å². The molecular formula is C14H13BrN2O2. The van der Waals surface area contributed by atoms with Crippen molar-refractivity contribution in [2.24, 2.45) is 5.73 Å². The van der Waals surface area contributed by atoms with E-state index in [0.29, 0.717) is 17.2 Å². The molecule has 4 nitrogen and oxygen atoms in total. The molecule has 19 heavy (non-hydrogen) atoms. The molecular weight excluding hydrogens is 308 g/mol. The van der Waals surface area contributed by atoms with Crippen LogP contribution >= 0.6 is 15.9 Å². The Morgan fingerprint density at radius 1 is 1.26 bits per heavy atom. The molecule has 1 aromatic heterocycles. The monoisotopic (exact) mass is 320 g/mol. The molecule has 0 saturated carbocycles. The molecule has 0 aliphatic rings. The van der Waals surface area contributed by atoms with Gasteiger partial charge in [0.05, 0.1) is 0 Å². The highest BCUT2D eigenvalue weighted by Gasteiger charge is 2.10. The summed E-state index contributed by atoms with van der Waals surface area (Å²) >= 11 is 3.32. The minimum atomic E-state index is -0.445. The van der Waals surface area contributed by atoms with Crippen LogP contribution < -0.4 is 10.5 Å². The number of carbonyl (C=O) groups excluding carboxylic acids is 1. The van der Waals surface area contributed by atoms with E-state index in [1.165, 1.54) is 0 Å². The van der Waals surface area contributed by atoms with E-state index >= 15 is 0 Å². The lowest BCUT2D eigenvalue weighted by Crippen LogP contribution is -2.11. The van der Waals surface area contributed by atoms with E-state index in [9.17, 15) is 4.79 Å². The fourth-order valence-corrected chi connectivity index (χ4v) is 2.02. The first-order valence-electron chi connectivity index (χ1n) is 5.68. The molecule has 1 amide bonds. The number of aromatic nitrogens is 1. The average molecular weight is 321 g/mol. The second kappa shape index (κ2) is 5.40. The normalized spacial score (nSPS) is 10.3. The second-order valence-corrected chi connectivity index (χ2v) is 5.14. The fraction of sp³-hybridized carbons (Fsp3) is 0.143. The number of rotatable bonds is 3. The summed E-state index contributed by atoms with van der Waals surface area (Å²) in [4.78, 5) is 15.3. The number of ether oxygens (including phenoxy) is 1. The number of halogens is 1. The Morgan fingerprint density at radius 2 is 1.89 bits per heavy atom. The molecule has 5 heteroatoms. The number of primary amides is 1.